The molecule has 3 aromatic carbocycles. The molecule has 0 unspecified atom stereocenters. The predicted octanol–water partition coefficient (Wildman–Crippen LogP) is 4.92. The molecule has 31 heavy (non-hydrogen) atoms. The molecule has 0 aliphatic carbocycles. The smallest absolute Gasteiger partial charge is 0.263 e. The predicted molar refractivity (Wildman–Crippen MR) is 115 cm³/mol. The molecule has 0 atom stereocenters. The summed E-state index contributed by atoms with van der Waals surface area (Å²) in [4.78, 5) is 26.0. The van der Waals surface area contributed by atoms with Crippen LogP contribution in [0.3, 0.4) is 0 Å². The third-order valence-corrected chi connectivity index (χ3v) is 4.76. The van der Waals surface area contributed by atoms with E-state index in [1.807, 2.05) is 6.92 Å². The Hall–Kier alpha value is -4.00. The first kappa shape index (κ1) is 20.3. The molecule has 1 heterocycles. The zero-order valence-corrected chi connectivity index (χ0v) is 16.6. The van der Waals surface area contributed by atoms with Gasteiger partial charge in [0, 0.05) is 28.7 Å². The molecule has 7 heteroatoms. The van der Waals surface area contributed by atoms with Gasteiger partial charge in [0.1, 0.15) is 17.4 Å². The van der Waals surface area contributed by atoms with E-state index in [2.05, 4.69) is 5.32 Å². The second kappa shape index (κ2) is 8.39. The average Bonchev–Trinajstić information content (AvgIpc) is 2.76. The monoisotopic (exact) mass is 420 g/mol. The van der Waals surface area contributed by atoms with Crippen LogP contribution in [0, 0.1) is 11.6 Å². The summed E-state index contributed by atoms with van der Waals surface area (Å²) in [5, 5.41) is 3.44. The largest absolute Gasteiger partial charge is 0.494 e. The summed E-state index contributed by atoms with van der Waals surface area (Å²) in [6, 6.07) is 16.3. The highest BCUT2D eigenvalue weighted by Gasteiger charge is 2.17. The summed E-state index contributed by atoms with van der Waals surface area (Å²) in [5.74, 6) is -1.47. The van der Waals surface area contributed by atoms with E-state index in [4.69, 9.17) is 4.74 Å². The van der Waals surface area contributed by atoms with Crippen LogP contribution in [0.1, 0.15) is 17.3 Å². The number of nitrogens with zero attached hydrogens (tertiary/aromatic N) is 1. The first-order valence-electron chi connectivity index (χ1n) is 9.62. The van der Waals surface area contributed by atoms with E-state index in [0.717, 1.165) is 16.7 Å². The molecule has 5 nitrogen and oxygen atoms in total. The van der Waals surface area contributed by atoms with Crippen LogP contribution in [0.15, 0.2) is 77.7 Å². The van der Waals surface area contributed by atoms with Crippen LogP contribution in [0.5, 0.6) is 5.75 Å². The van der Waals surface area contributed by atoms with Crippen molar-refractivity contribution in [2.75, 3.05) is 11.9 Å². The Kier molecular flexibility index (Phi) is 5.49. The molecule has 0 fully saturated rings. The van der Waals surface area contributed by atoms with Crippen LogP contribution in [-0.4, -0.2) is 17.1 Å². The van der Waals surface area contributed by atoms with E-state index in [1.165, 1.54) is 6.20 Å². The Balaban J connectivity index is 1.80. The number of nitrogens with one attached hydrogen (secondary N) is 1. The standard InChI is InChI=1S/C24H18F2N2O3/c1-2-31-17-10-8-16(9-11-17)27-23(29)20-14-28(22-12-7-15(25)13-21(22)26)24(30)19-6-4-3-5-18(19)20/h3-14H,2H2,1H3,(H,27,29). The number of halogens is 2. The Morgan fingerprint density at radius 2 is 1.71 bits per heavy atom. The van der Waals surface area contributed by atoms with Crippen molar-refractivity contribution in [3.05, 3.63) is 100 Å². The lowest BCUT2D eigenvalue weighted by Gasteiger charge is -2.13. The first-order chi connectivity index (χ1) is 15.0. The minimum Gasteiger partial charge on any atom is -0.494 e. The van der Waals surface area contributed by atoms with E-state index in [0.29, 0.717) is 29.5 Å². The van der Waals surface area contributed by atoms with E-state index >= 15 is 0 Å². The number of ether oxygens (including phenoxy) is 1. The molecule has 156 valence electrons. The molecular formula is C24H18F2N2O3. The van der Waals surface area contributed by atoms with Crippen molar-refractivity contribution in [3.8, 4) is 11.4 Å². The SMILES string of the molecule is CCOc1ccc(NC(=O)c2cn(-c3ccc(F)cc3F)c(=O)c3ccccc23)cc1. The zero-order chi connectivity index (χ0) is 22.0. The number of aromatic nitrogens is 1. The van der Waals surface area contributed by atoms with Gasteiger partial charge in [0.2, 0.25) is 0 Å². The molecule has 4 rings (SSSR count). The molecule has 4 aromatic rings. The first-order valence-corrected chi connectivity index (χ1v) is 9.62. The number of carbonyl (C=O) groups excluding carboxylic acids is 1. The number of anilines is 1. The van der Waals surface area contributed by atoms with Crippen molar-refractivity contribution >= 4 is 22.4 Å². The van der Waals surface area contributed by atoms with Gasteiger partial charge in [-0.15, -0.1) is 0 Å². The minimum absolute atomic E-state index is 0.146. The van der Waals surface area contributed by atoms with Gasteiger partial charge in [-0.3, -0.25) is 14.2 Å². The van der Waals surface area contributed by atoms with Gasteiger partial charge in [-0.25, -0.2) is 8.78 Å². The molecule has 0 radical (unpaired) electrons. The molecule has 0 saturated heterocycles. The molecule has 0 aliphatic rings. The van der Waals surface area contributed by atoms with Gasteiger partial charge in [-0.1, -0.05) is 18.2 Å². The van der Waals surface area contributed by atoms with Gasteiger partial charge in [0.25, 0.3) is 11.5 Å². The molecule has 1 aromatic heterocycles. The number of pyridine rings is 1. The van der Waals surface area contributed by atoms with Gasteiger partial charge in [-0.2, -0.15) is 0 Å². The Bertz CT molecular complexity index is 1330. The highest BCUT2D eigenvalue weighted by molar-refractivity contribution is 6.12. The van der Waals surface area contributed by atoms with Crippen LogP contribution in [0.4, 0.5) is 14.5 Å². The normalized spacial score (nSPS) is 10.8. The fourth-order valence-electron chi connectivity index (χ4n) is 3.33. The number of amides is 1. The summed E-state index contributed by atoms with van der Waals surface area (Å²) in [6.07, 6.45) is 1.27. The fraction of sp³-hybridized carbons (Fsp3) is 0.0833. The summed E-state index contributed by atoms with van der Waals surface area (Å²) >= 11 is 0. The lowest BCUT2D eigenvalue weighted by molar-refractivity contribution is 0.102. The number of fused-ring (bicyclic) bond motifs is 1. The van der Waals surface area contributed by atoms with Gasteiger partial charge in [-0.05, 0) is 49.4 Å². The fourth-order valence-corrected chi connectivity index (χ4v) is 3.33. The summed E-state index contributed by atoms with van der Waals surface area (Å²) in [6.45, 7) is 2.40. The molecule has 0 bridgehead atoms. The summed E-state index contributed by atoms with van der Waals surface area (Å²) in [5.41, 5.74) is 0.0436. The van der Waals surface area contributed by atoms with Gasteiger partial charge >= 0.3 is 0 Å². The van der Waals surface area contributed by atoms with Crippen molar-refractivity contribution < 1.29 is 18.3 Å². The van der Waals surface area contributed by atoms with Crippen LogP contribution in [0.2, 0.25) is 0 Å². The van der Waals surface area contributed by atoms with E-state index in [9.17, 15) is 18.4 Å². The quantitative estimate of drug-likeness (QED) is 0.499. The number of hydrogen-bond acceptors (Lipinski definition) is 3. The lowest BCUT2D eigenvalue weighted by atomic mass is 10.1. The van der Waals surface area contributed by atoms with E-state index < -0.39 is 23.1 Å². The molecule has 1 amide bonds. The molecule has 1 N–H and O–H groups in total. The number of hydrogen-bond donors (Lipinski definition) is 1. The molecule has 0 spiro atoms. The van der Waals surface area contributed by atoms with E-state index in [1.54, 1.807) is 48.5 Å². The second-order valence-corrected chi connectivity index (χ2v) is 6.77. The number of carbonyl (C=O) groups is 1. The average molecular weight is 420 g/mol. The highest BCUT2D eigenvalue weighted by atomic mass is 19.1. The Labute approximate surface area is 176 Å². The van der Waals surface area contributed by atoms with Crippen molar-refractivity contribution in [2.45, 2.75) is 6.92 Å². The number of rotatable bonds is 5. The maximum atomic E-state index is 14.4. The van der Waals surface area contributed by atoms with Crippen molar-refractivity contribution in [3.63, 3.8) is 0 Å². The maximum Gasteiger partial charge on any atom is 0.263 e. The number of benzene rings is 3. The minimum atomic E-state index is -0.907. The maximum absolute atomic E-state index is 14.4. The third kappa shape index (κ3) is 4.02. The van der Waals surface area contributed by atoms with Gasteiger partial charge < -0.3 is 10.1 Å². The van der Waals surface area contributed by atoms with Gasteiger partial charge in [0.05, 0.1) is 17.9 Å². The van der Waals surface area contributed by atoms with Crippen LogP contribution < -0.4 is 15.6 Å². The van der Waals surface area contributed by atoms with Gasteiger partial charge in [0.15, 0.2) is 0 Å². The van der Waals surface area contributed by atoms with Crippen LogP contribution in [-0.2, 0) is 0 Å². The van der Waals surface area contributed by atoms with Crippen molar-refractivity contribution in [1.29, 1.82) is 0 Å². The third-order valence-electron chi connectivity index (χ3n) is 4.76. The summed E-state index contributed by atoms with van der Waals surface area (Å²) in [7, 11) is 0. The van der Waals surface area contributed by atoms with Crippen LogP contribution in [0.25, 0.3) is 16.5 Å². The topological polar surface area (TPSA) is 60.3 Å². The Morgan fingerprint density at radius 3 is 2.39 bits per heavy atom. The van der Waals surface area contributed by atoms with Crippen LogP contribution >= 0.6 is 0 Å². The second-order valence-electron chi connectivity index (χ2n) is 6.77. The summed E-state index contributed by atoms with van der Waals surface area (Å²) < 4.78 is 34.1. The van der Waals surface area contributed by atoms with Crippen molar-refractivity contribution in [2.24, 2.45) is 0 Å². The van der Waals surface area contributed by atoms with E-state index in [-0.39, 0.29) is 16.6 Å². The van der Waals surface area contributed by atoms with Crippen molar-refractivity contribution in [1.82, 2.24) is 4.57 Å². The molecular weight excluding hydrogens is 402 g/mol. The molecule has 0 saturated carbocycles. The lowest BCUT2D eigenvalue weighted by Crippen LogP contribution is -2.23. The highest BCUT2D eigenvalue weighted by Crippen LogP contribution is 2.22. The zero-order valence-electron chi connectivity index (χ0n) is 16.6. The molecule has 0 aliphatic heterocycles. The Morgan fingerprint density at radius 1 is 1.00 bits per heavy atom.